The van der Waals surface area contributed by atoms with Crippen molar-refractivity contribution in [1.82, 2.24) is 0 Å². The average molecular weight is 1380 g/mol. The molecule has 0 aromatic heterocycles. The van der Waals surface area contributed by atoms with Crippen LogP contribution in [0.3, 0.4) is 0 Å². The molecule has 0 heterocycles. The van der Waals surface area contributed by atoms with Crippen LogP contribution in [0.15, 0.2) is 165 Å². The smallest absolute Gasteiger partial charge is 0.330 e. The predicted molar refractivity (Wildman–Crippen MR) is 349 cm³/mol. The molecule has 0 saturated carbocycles. The third kappa shape index (κ3) is 54.8. The van der Waals surface area contributed by atoms with Crippen LogP contribution >= 0.6 is 0 Å². The molecule has 0 bridgehead atoms. The molecule has 1 N–H and O–H groups in total. The number of rotatable bonds is 46. The van der Waals surface area contributed by atoms with Gasteiger partial charge in [-0.05, 0) is 19.4 Å². The first kappa shape index (κ1) is 97.8. The van der Waals surface area contributed by atoms with Crippen molar-refractivity contribution >= 4 is 77.4 Å². The number of methoxy groups -OCH3 is 4. The Kier molecular flexibility index (Phi) is 62.4. The largest absolute Gasteiger partial charge is 0.463 e. The van der Waals surface area contributed by atoms with Gasteiger partial charge in [0.15, 0.2) is 5.78 Å². The van der Waals surface area contributed by atoms with Gasteiger partial charge in [-0.2, -0.15) is 0 Å². The summed E-state index contributed by atoms with van der Waals surface area (Å²) in [5, 5.41) is 9.48. The molecule has 0 amide bonds. The van der Waals surface area contributed by atoms with Crippen molar-refractivity contribution in [3.05, 3.63) is 165 Å². The van der Waals surface area contributed by atoms with E-state index in [4.69, 9.17) is 71.1 Å². The van der Waals surface area contributed by atoms with E-state index in [2.05, 4.69) is 90.3 Å². The molecule has 542 valence electrons. The van der Waals surface area contributed by atoms with Gasteiger partial charge >= 0.3 is 71.6 Å². The Labute approximate surface area is 566 Å². The number of aliphatic hydroxyl groups is 1. The molecule has 0 spiro atoms. The lowest BCUT2D eigenvalue weighted by Crippen LogP contribution is -2.43. The molecule has 0 radical (unpaired) electrons. The van der Waals surface area contributed by atoms with Crippen molar-refractivity contribution in [2.75, 3.05) is 141 Å². The van der Waals surface area contributed by atoms with Crippen molar-refractivity contribution in [3.63, 3.8) is 0 Å². The van der Waals surface area contributed by atoms with Gasteiger partial charge in [0.25, 0.3) is 0 Å². The molecule has 0 aliphatic rings. The minimum Gasteiger partial charge on any atom is -0.463 e. The molecular weight excluding hydrogens is 1280 g/mol. The first-order valence-corrected chi connectivity index (χ1v) is 28.1. The summed E-state index contributed by atoms with van der Waals surface area (Å²) in [4.78, 5) is 144. The molecule has 30 heteroatoms. The average Bonchev–Trinajstić information content (AvgIpc) is 3.84. The van der Waals surface area contributed by atoms with Gasteiger partial charge in [0.1, 0.15) is 83.5 Å². The summed E-state index contributed by atoms with van der Waals surface area (Å²) in [6.07, 6.45) is 13.5. The fraction of sp³-hybridized carbons (Fsp3) is 0.418. The Hall–Kier alpha value is -10.3. The minimum absolute atomic E-state index is 0.0185. The zero-order valence-corrected chi connectivity index (χ0v) is 56.2. The molecule has 0 unspecified atom stereocenters. The maximum atomic E-state index is 11.3. The number of ketones is 1. The fourth-order valence-corrected chi connectivity index (χ4v) is 5.61. The molecule has 0 aromatic rings. The summed E-state index contributed by atoms with van der Waals surface area (Å²) in [5.41, 5.74) is -4.15. The fourth-order valence-electron chi connectivity index (χ4n) is 5.61. The lowest BCUT2D eigenvalue weighted by Gasteiger charge is -2.31. The molecule has 0 rings (SSSR count). The van der Waals surface area contributed by atoms with Crippen molar-refractivity contribution in [2.24, 2.45) is 21.7 Å². The number of hydrogen-bond donors (Lipinski definition) is 1. The normalized spacial score (nSPS) is 9.93. The second kappa shape index (κ2) is 61.9. The molecule has 0 saturated heterocycles. The zero-order chi connectivity index (χ0) is 75.7. The van der Waals surface area contributed by atoms with Gasteiger partial charge in [-0.1, -0.05) is 92.4 Å². The quantitative estimate of drug-likeness (QED) is 0.0502. The summed E-state index contributed by atoms with van der Waals surface area (Å²) in [5.74, 6) is -8.57. The summed E-state index contributed by atoms with van der Waals surface area (Å²) in [7, 11) is 6.65. The third-order valence-corrected chi connectivity index (χ3v) is 10.6. The summed E-state index contributed by atoms with van der Waals surface area (Å²) in [6, 6.07) is 0. The molecular formula is C67H94O30. The van der Waals surface area contributed by atoms with E-state index in [1.165, 1.54) is 13.0 Å². The van der Waals surface area contributed by atoms with E-state index in [0.29, 0.717) is 33.0 Å². The number of esters is 12. The molecule has 0 fully saturated rings. The van der Waals surface area contributed by atoms with Gasteiger partial charge in [-0.25, -0.2) is 57.5 Å². The number of carbonyl (C=O) groups is 13. The van der Waals surface area contributed by atoms with Crippen LogP contribution in [-0.2, 0) is 138 Å². The Bertz CT molecular complexity index is 2220. The van der Waals surface area contributed by atoms with E-state index in [-0.39, 0.29) is 89.8 Å². The zero-order valence-electron chi connectivity index (χ0n) is 56.2. The topological polar surface area (TPSA) is 390 Å². The van der Waals surface area contributed by atoms with Crippen molar-refractivity contribution in [1.29, 1.82) is 0 Å². The van der Waals surface area contributed by atoms with E-state index in [9.17, 15) is 67.4 Å². The lowest BCUT2D eigenvalue weighted by molar-refractivity contribution is -0.167. The second-order valence-electron chi connectivity index (χ2n) is 19.0. The highest BCUT2D eigenvalue weighted by molar-refractivity contribution is 5.87. The number of ether oxygens (including phenoxy) is 16. The van der Waals surface area contributed by atoms with Crippen LogP contribution in [0.25, 0.3) is 0 Å². The van der Waals surface area contributed by atoms with Crippen LogP contribution in [0, 0.1) is 21.7 Å². The molecule has 97 heavy (non-hydrogen) atoms. The minimum atomic E-state index is -1.34. The van der Waals surface area contributed by atoms with E-state index in [1.54, 1.807) is 28.4 Å². The van der Waals surface area contributed by atoms with Crippen LogP contribution in [0.1, 0.15) is 20.3 Å². The second-order valence-corrected chi connectivity index (χ2v) is 19.0. The Morgan fingerprint density at radius 2 is 0.392 bits per heavy atom. The highest BCUT2D eigenvalue weighted by Gasteiger charge is 2.39. The maximum Gasteiger partial charge on any atom is 0.330 e. The molecule has 0 aromatic carbocycles. The summed E-state index contributed by atoms with van der Waals surface area (Å²) >= 11 is 0. The predicted octanol–water partition coefficient (Wildman–Crippen LogP) is 4.38. The number of carbonyl (C=O) groups excluding carboxylic acids is 13. The van der Waals surface area contributed by atoms with E-state index in [0.717, 1.165) is 79.3 Å². The third-order valence-electron chi connectivity index (χ3n) is 10.6. The standard InChI is InChI=1S/2C17H20O8.C14H18O7.C9H20O4.C6H10O2.C4H6O/c2*1-5-13(18)22-9-17(10-23-14(19)6-2,11-24-15(20)7-3)12-25-16(21)8-4;1-4-11(16)19-8-14(7-15,9-20-12(17)5-2)10-21-13(18)6-3;1-10-5-9(6-11-2,7-12-3)8-13-4;1-3-5-8-6(7)4-2;1-3-4(2)5/h2*5-8H,1-4,9-12H2;4-6,15H,1-3,7-10H2;5-8H2,1-4H3;4H,2-3,5H2,1H3;3H,1H2,2H3. The van der Waals surface area contributed by atoms with Gasteiger partial charge in [0, 0.05) is 101 Å². The maximum absolute atomic E-state index is 11.3. The van der Waals surface area contributed by atoms with Gasteiger partial charge in [-0.3, -0.25) is 4.79 Å². The SMILES string of the molecule is C=CC(=O)OCC(CO)(COC(=O)C=C)COC(=O)C=C.C=CC(=O)OCC(COC(=O)C=C)(COC(=O)C=C)COC(=O)C=C.C=CC(=O)OCC(COC(=O)C=C)(COC(=O)C=C)COC(=O)C=C.C=CC(=O)OCCC.C=CC(C)=O.COCC(COC)(COC)COC. The van der Waals surface area contributed by atoms with Crippen molar-refractivity contribution in [3.8, 4) is 0 Å². The van der Waals surface area contributed by atoms with E-state index < -0.39 is 88.5 Å². The van der Waals surface area contributed by atoms with Crippen LogP contribution in [0.5, 0.6) is 0 Å². The first-order valence-electron chi connectivity index (χ1n) is 28.1. The summed E-state index contributed by atoms with van der Waals surface area (Å²) < 4.78 is 79.1. The van der Waals surface area contributed by atoms with Crippen LogP contribution in [-0.4, -0.2) is 223 Å². The van der Waals surface area contributed by atoms with E-state index in [1.807, 2.05) is 6.92 Å². The van der Waals surface area contributed by atoms with Gasteiger partial charge < -0.3 is 80.9 Å². The molecule has 0 atom stereocenters. The highest BCUT2D eigenvalue weighted by atomic mass is 16.6. The molecule has 0 aliphatic heterocycles. The van der Waals surface area contributed by atoms with Gasteiger partial charge in [0.2, 0.25) is 0 Å². The lowest BCUT2D eigenvalue weighted by atomic mass is 9.92. The van der Waals surface area contributed by atoms with Gasteiger partial charge in [0.05, 0.1) is 50.5 Å². The number of hydrogen-bond acceptors (Lipinski definition) is 30. The van der Waals surface area contributed by atoms with Crippen LogP contribution in [0.4, 0.5) is 0 Å². The Morgan fingerprint density at radius 3 is 0.505 bits per heavy atom. The number of allylic oxidation sites excluding steroid dienone is 1. The van der Waals surface area contributed by atoms with Crippen molar-refractivity contribution in [2.45, 2.75) is 20.3 Å². The van der Waals surface area contributed by atoms with Gasteiger partial charge in [-0.15, -0.1) is 0 Å². The molecule has 0 aliphatic carbocycles. The highest BCUT2D eigenvalue weighted by Crippen LogP contribution is 2.24. The number of aliphatic hydroxyl groups excluding tert-OH is 1. The monoisotopic (exact) mass is 1380 g/mol. The van der Waals surface area contributed by atoms with Crippen LogP contribution in [0.2, 0.25) is 0 Å². The molecule has 30 nitrogen and oxygen atoms in total. The van der Waals surface area contributed by atoms with E-state index >= 15 is 0 Å². The first-order chi connectivity index (χ1) is 45.9. The Balaban J connectivity index is -0.000000272. The van der Waals surface area contributed by atoms with Crippen LogP contribution < -0.4 is 0 Å². The summed E-state index contributed by atoms with van der Waals surface area (Å²) in [6.45, 7) is 43.8. The van der Waals surface area contributed by atoms with Crippen molar-refractivity contribution < 1.29 is 143 Å². The Morgan fingerprint density at radius 1 is 0.258 bits per heavy atom.